The van der Waals surface area contributed by atoms with E-state index in [9.17, 15) is 9.59 Å². The van der Waals surface area contributed by atoms with E-state index in [0.717, 1.165) is 17.9 Å². The molecule has 21 heavy (non-hydrogen) atoms. The molecular formula is C14H21N3O4. The number of carbonyl (C=O) groups is 2. The smallest absolute Gasteiger partial charge is 0.317 e. The Morgan fingerprint density at radius 2 is 2.24 bits per heavy atom. The van der Waals surface area contributed by atoms with Crippen molar-refractivity contribution in [1.82, 2.24) is 15.2 Å². The molecule has 2 rings (SSSR count). The van der Waals surface area contributed by atoms with Crippen LogP contribution in [0.4, 0.5) is 4.79 Å². The third-order valence-corrected chi connectivity index (χ3v) is 3.80. The molecule has 1 aromatic heterocycles. The molecule has 0 saturated carbocycles. The van der Waals surface area contributed by atoms with Crippen molar-refractivity contribution in [3.05, 3.63) is 17.3 Å². The van der Waals surface area contributed by atoms with Crippen molar-refractivity contribution < 1.29 is 19.1 Å². The summed E-state index contributed by atoms with van der Waals surface area (Å²) in [6, 6.07) is -0.152. The number of aliphatic carboxylic acids is 1. The average Bonchev–Trinajstić information content (AvgIpc) is 3.02. The molecule has 2 amide bonds. The first-order chi connectivity index (χ1) is 9.95. The van der Waals surface area contributed by atoms with Crippen molar-refractivity contribution in [3.8, 4) is 0 Å². The van der Waals surface area contributed by atoms with Crippen molar-refractivity contribution in [2.75, 3.05) is 13.1 Å². The van der Waals surface area contributed by atoms with E-state index < -0.39 is 5.97 Å². The van der Waals surface area contributed by atoms with Crippen LogP contribution in [0.15, 0.2) is 4.42 Å². The third kappa shape index (κ3) is 4.21. The average molecular weight is 295 g/mol. The van der Waals surface area contributed by atoms with Gasteiger partial charge in [-0.25, -0.2) is 9.78 Å². The Morgan fingerprint density at radius 1 is 1.48 bits per heavy atom. The van der Waals surface area contributed by atoms with E-state index in [1.165, 1.54) is 0 Å². The van der Waals surface area contributed by atoms with Crippen molar-refractivity contribution in [2.45, 2.75) is 39.7 Å². The van der Waals surface area contributed by atoms with E-state index >= 15 is 0 Å². The van der Waals surface area contributed by atoms with Gasteiger partial charge >= 0.3 is 12.0 Å². The summed E-state index contributed by atoms with van der Waals surface area (Å²) in [6.45, 7) is 5.24. The summed E-state index contributed by atoms with van der Waals surface area (Å²) in [7, 11) is 0. The molecule has 0 spiro atoms. The molecule has 7 heteroatoms. The van der Waals surface area contributed by atoms with E-state index in [1.807, 2.05) is 13.8 Å². The standard InChI is InChI=1S/C14H21N3O4/c1-9-10(2)21-12(16-9)7-15-14(20)17-6-5-11(8-17)3-4-13(18)19/h11H,3-8H2,1-2H3,(H,15,20)(H,18,19). The van der Waals surface area contributed by atoms with Gasteiger partial charge in [-0.1, -0.05) is 0 Å². The molecule has 1 atom stereocenters. The van der Waals surface area contributed by atoms with Crippen molar-refractivity contribution in [2.24, 2.45) is 5.92 Å². The largest absolute Gasteiger partial charge is 0.481 e. The van der Waals surface area contributed by atoms with Gasteiger partial charge in [0, 0.05) is 19.5 Å². The number of hydrogen-bond donors (Lipinski definition) is 2. The molecule has 0 radical (unpaired) electrons. The molecule has 0 aliphatic carbocycles. The van der Waals surface area contributed by atoms with Crippen molar-refractivity contribution in [3.63, 3.8) is 0 Å². The highest BCUT2D eigenvalue weighted by Crippen LogP contribution is 2.21. The fourth-order valence-electron chi connectivity index (χ4n) is 2.46. The van der Waals surface area contributed by atoms with E-state index in [2.05, 4.69) is 10.3 Å². The second-order valence-corrected chi connectivity index (χ2v) is 5.44. The minimum atomic E-state index is -0.785. The Labute approximate surface area is 123 Å². The number of oxazole rings is 1. The lowest BCUT2D eigenvalue weighted by atomic mass is 10.0. The van der Waals surface area contributed by atoms with Crippen LogP contribution in [0.2, 0.25) is 0 Å². The summed E-state index contributed by atoms with van der Waals surface area (Å²) in [4.78, 5) is 28.5. The van der Waals surface area contributed by atoms with Crippen LogP contribution in [-0.4, -0.2) is 40.1 Å². The van der Waals surface area contributed by atoms with Gasteiger partial charge in [0.25, 0.3) is 0 Å². The molecule has 7 nitrogen and oxygen atoms in total. The normalized spacial score (nSPS) is 18.0. The molecule has 2 N–H and O–H groups in total. The number of carbonyl (C=O) groups excluding carboxylic acids is 1. The van der Waals surface area contributed by atoms with Gasteiger partial charge in [-0.3, -0.25) is 4.79 Å². The second kappa shape index (κ2) is 6.60. The summed E-state index contributed by atoms with van der Waals surface area (Å²) < 4.78 is 5.40. The number of urea groups is 1. The zero-order chi connectivity index (χ0) is 15.4. The van der Waals surface area contributed by atoms with Crippen molar-refractivity contribution in [1.29, 1.82) is 0 Å². The molecule has 2 heterocycles. The van der Waals surface area contributed by atoms with E-state index in [-0.39, 0.29) is 24.9 Å². The number of carboxylic acid groups (broad SMARTS) is 1. The minimum Gasteiger partial charge on any atom is -0.481 e. The molecule has 1 aromatic rings. The maximum atomic E-state index is 12.0. The Bertz CT molecular complexity index is 507. The predicted octanol–water partition coefficient (Wildman–Crippen LogP) is 1.69. The number of carboxylic acids is 1. The highest BCUT2D eigenvalue weighted by atomic mass is 16.4. The van der Waals surface area contributed by atoms with Gasteiger partial charge in [0.15, 0.2) is 0 Å². The van der Waals surface area contributed by atoms with Crippen LogP contribution in [0.5, 0.6) is 0 Å². The van der Waals surface area contributed by atoms with E-state index in [4.69, 9.17) is 9.52 Å². The lowest BCUT2D eigenvalue weighted by molar-refractivity contribution is -0.137. The van der Waals surface area contributed by atoms with Crippen LogP contribution in [0.1, 0.15) is 36.6 Å². The third-order valence-electron chi connectivity index (χ3n) is 3.80. The number of aryl methyl sites for hydroxylation is 2. The lowest BCUT2D eigenvalue weighted by Gasteiger charge is -2.16. The summed E-state index contributed by atoms with van der Waals surface area (Å²) in [5.41, 5.74) is 0.828. The fraction of sp³-hybridized carbons (Fsp3) is 0.643. The quantitative estimate of drug-likeness (QED) is 0.861. The first-order valence-corrected chi connectivity index (χ1v) is 7.13. The number of rotatable bonds is 5. The van der Waals surface area contributed by atoms with Gasteiger partial charge in [0.05, 0.1) is 12.2 Å². The lowest BCUT2D eigenvalue weighted by Crippen LogP contribution is -2.38. The minimum absolute atomic E-state index is 0.152. The van der Waals surface area contributed by atoms with Gasteiger partial charge in [-0.05, 0) is 32.6 Å². The second-order valence-electron chi connectivity index (χ2n) is 5.44. The Balaban J connectivity index is 1.75. The number of nitrogens with zero attached hydrogens (tertiary/aromatic N) is 2. The molecule has 1 unspecified atom stereocenters. The molecule has 1 aliphatic rings. The number of nitrogens with one attached hydrogen (secondary N) is 1. The molecule has 116 valence electrons. The first-order valence-electron chi connectivity index (χ1n) is 7.13. The maximum absolute atomic E-state index is 12.0. The van der Waals surface area contributed by atoms with Crippen molar-refractivity contribution >= 4 is 12.0 Å². The molecule has 0 aromatic carbocycles. The van der Waals surface area contributed by atoms with E-state index in [1.54, 1.807) is 4.90 Å². The van der Waals surface area contributed by atoms with Gasteiger partial charge in [-0.2, -0.15) is 0 Å². The zero-order valence-corrected chi connectivity index (χ0v) is 12.4. The molecular weight excluding hydrogens is 274 g/mol. The zero-order valence-electron chi connectivity index (χ0n) is 12.4. The van der Waals surface area contributed by atoms with Gasteiger partial charge < -0.3 is 19.7 Å². The molecule has 1 fully saturated rings. The monoisotopic (exact) mass is 295 g/mol. The number of aromatic nitrogens is 1. The van der Waals surface area contributed by atoms with Gasteiger partial charge in [0.2, 0.25) is 5.89 Å². The summed E-state index contributed by atoms with van der Waals surface area (Å²) in [5.74, 6) is 0.750. The molecule has 0 bridgehead atoms. The highest BCUT2D eigenvalue weighted by molar-refractivity contribution is 5.74. The summed E-state index contributed by atoms with van der Waals surface area (Å²) in [5, 5.41) is 11.5. The Kier molecular flexibility index (Phi) is 4.82. The fourth-order valence-corrected chi connectivity index (χ4v) is 2.46. The number of amides is 2. The maximum Gasteiger partial charge on any atom is 0.317 e. The number of hydrogen-bond acceptors (Lipinski definition) is 4. The van der Waals surface area contributed by atoms with Crippen LogP contribution in [0.25, 0.3) is 0 Å². The molecule has 1 saturated heterocycles. The van der Waals surface area contributed by atoms with Crippen LogP contribution >= 0.6 is 0 Å². The summed E-state index contributed by atoms with van der Waals surface area (Å²) in [6.07, 6.45) is 1.64. The van der Waals surface area contributed by atoms with Crippen LogP contribution in [0, 0.1) is 19.8 Å². The Hall–Kier alpha value is -2.05. The van der Waals surface area contributed by atoms with Gasteiger partial charge in [0.1, 0.15) is 5.76 Å². The van der Waals surface area contributed by atoms with Crippen LogP contribution < -0.4 is 5.32 Å². The van der Waals surface area contributed by atoms with Gasteiger partial charge in [-0.15, -0.1) is 0 Å². The van der Waals surface area contributed by atoms with Crippen LogP contribution in [0.3, 0.4) is 0 Å². The predicted molar refractivity (Wildman–Crippen MR) is 74.8 cm³/mol. The van der Waals surface area contributed by atoms with Crippen LogP contribution in [-0.2, 0) is 11.3 Å². The SMILES string of the molecule is Cc1nc(CNC(=O)N2CCC(CCC(=O)O)C2)oc1C. The number of likely N-dealkylation sites (tertiary alicyclic amines) is 1. The Morgan fingerprint density at radius 3 is 2.86 bits per heavy atom. The van der Waals surface area contributed by atoms with E-state index in [0.29, 0.717) is 25.4 Å². The topological polar surface area (TPSA) is 95.7 Å². The summed E-state index contributed by atoms with van der Waals surface area (Å²) >= 11 is 0. The first kappa shape index (κ1) is 15.3. The molecule has 1 aliphatic heterocycles. The highest BCUT2D eigenvalue weighted by Gasteiger charge is 2.26.